The summed E-state index contributed by atoms with van der Waals surface area (Å²) in [6.45, 7) is 5.00. The van der Waals surface area contributed by atoms with Gasteiger partial charge in [0.05, 0.1) is 6.10 Å². The fourth-order valence-electron chi connectivity index (χ4n) is 1.96. The van der Waals surface area contributed by atoms with Gasteiger partial charge in [-0.3, -0.25) is 14.4 Å². The van der Waals surface area contributed by atoms with E-state index >= 15 is 0 Å². The molecule has 22 heavy (non-hydrogen) atoms. The maximum Gasteiger partial charge on any atom is 0.303 e. The Morgan fingerprint density at radius 2 is 2.00 bits per heavy atom. The number of hydrogen-bond donors (Lipinski definition) is 1. The highest BCUT2D eigenvalue weighted by Crippen LogP contribution is 2.27. The molecule has 0 spiro atoms. The number of benzene rings is 1. The van der Waals surface area contributed by atoms with E-state index < -0.39 is 11.9 Å². The first-order chi connectivity index (χ1) is 10.3. The van der Waals surface area contributed by atoms with Crippen LogP contribution >= 0.6 is 0 Å². The minimum absolute atomic E-state index is 0.0316. The lowest BCUT2D eigenvalue weighted by molar-refractivity contribution is -0.142. The van der Waals surface area contributed by atoms with Gasteiger partial charge in [-0.1, -0.05) is 0 Å². The van der Waals surface area contributed by atoms with E-state index in [1.54, 1.807) is 12.1 Å². The SMILES string of the molecule is CC(=O)OCc1cc(C=O)c(CCC(=O)O)c(OC(C)C)c1. The number of carbonyl (C=O) groups excluding carboxylic acids is 2. The molecule has 1 aromatic rings. The van der Waals surface area contributed by atoms with E-state index in [-0.39, 0.29) is 25.6 Å². The summed E-state index contributed by atoms with van der Waals surface area (Å²) in [5.74, 6) is -0.923. The van der Waals surface area contributed by atoms with Crippen LogP contribution in [-0.2, 0) is 27.4 Å². The van der Waals surface area contributed by atoms with E-state index in [0.29, 0.717) is 28.7 Å². The van der Waals surface area contributed by atoms with Gasteiger partial charge in [0, 0.05) is 24.5 Å². The summed E-state index contributed by atoms with van der Waals surface area (Å²) in [7, 11) is 0. The predicted molar refractivity (Wildman–Crippen MR) is 79.0 cm³/mol. The van der Waals surface area contributed by atoms with Crippen LogP contribution in [0.3, 0.4) is 0 Å². The molecule has 0 saturated carbocycles. The normalized spacial score (nSPS) is 10.4. The van der Waals surface area contributed by atoms with Gasteiger partial charge in [-0.05, 0) is 38.0 Å². The zero-order chi connectivity index (χ0) is 16.7. The summed E-state index contributed by atoms with van der Waals surface area (Å²) >= 11 is 0. The lowest BCUT2D eigenvalue weighted by Crippen LogP contribution is -2.11. The van der Waals surface area contributed by atoms with Crippen molar-refractivity contribution < 1.29 is 29.0 Å². The fourth-order valence-corrected chi connectivity index (χ4v) is 1.96. The van der Waals surface area contributed by atoms with Crippen molar-refractivity contribution in [2.75, 3.05) is 0 Å². The van der Waals surface area contributed by atoms with Gasteiger partial charge < -0.3 is 14.6 Å². The highest BCUT2D eigenvalue weighted by Gasteiger charge is 2.15. The molecule has 0 aliphatic rings. The minimum atomic E-state index is -0.948. The number of carbonyl (C=O) groups is 3. The first kappa shape index (κ1) is 17.7. The third-order valence-electron chi connectivity index (χ3n) is 2.82. The molecule has 0 aromatic heterocycles. The molecule has 0 aliphatic heterocycles. The van der Waals surface area contributed by atoms with Gasteiger partial charge in [0.1, 0.15) is 18.6 Å². The Labute approximate surface area is 129 Å². The van der Waals surface area contributed by atoms with E-state index in [1.165, 1.54) is 6.92 Å². The second kappa shape index (κ2) is 8.17. The Hall–Kier alpha value is -2.37. The quantitative estimate of drug-likeness (QED) is 0.585. The summed E-state index contributed by atoms with van der Waals surface area (Å²) in [6, 6.07) is 3.26. The first-order valence-electron chi connectivity index (χ1n) is 6.96. The fraction of sp³-hybridized carbons (Fsp3) is 0.438. The molecule has 0 heterocycles. The lowest BCUT2D eigenvalue weighted by atomic mass is 9.99. The van der Waals surface area contributed by atoms with Crippen LogP contribution < -0.4 is 4.74 Å². The van der Waals surface area contributed by atoms with Crippen LogP contribution in [0.2, 0.25) is 0 Å². The Bertz CT molecular complexity index is 562. The maximum atomic E-state index is 11.3. The zero-order valence-corrected chi connectivity index (χ0v) is 12.9. The average molecular weight is 308 g/mol. The molecule has 0 fully saturated rings. The standard InChI is InChI=1S/C16H20O6/c1-10(2)22-15-7-12(9-21-11(3)18)6-13(8-17)14(15)4-5-16(19)20/h6-8,10H,4-5,9H2,1-3H3,(H,19,20). The third kappa shape index (κ3) is 5.55. The number of carboxylic acid groups (broad SMARTS) is 1. The lowest BCUT2D eigenvalue weighted by Gasteiger charge is -2.17. The molecule has 120 valence electrons. The van der Waals surface area contributed by atoms with Crippen LogP contribution in [-0.4, -0.2) is 29.4 Å². The van der Waals surface area contributed by atoms with Crippen LogP contribution in [0.15, 0.2) is 12.1 Å². The van der Waals surface area contributed by atoms with Crippen molar-refractivity contribution in [1.82, 2.24) is 0 Å². The van der Waals surface area contributed by atoms with Crippen LogP contribution in [0.1, 0.15) is 48.7 Å². The molecule has 0 aliphatic carbocycles. The molecule has 0 radical (unpaired) electrons. The van der Waals surface area contributed by atoms with Gasteiger partial charge in [-0.2, -0.15) is 0 Å². The Morgan fingerprint density at radius 3 is 2.50 bits per heavy atom. The van der Waals surface area contributed by atoms with Gasteiger partial charge in [-0.15, -0.1) is 0 Å². The maximum absolute atomic E-state index is 11.3. The second-order valence-corrected chi connectivity index (χ2v) is 5.12. The molecule has 0 bridgehead atoms. The van der Waals surface area contributed by atoms with Crippen molar-refractivity contribution in [2.24, 2.45) is 0 Å². The van der Waals surface area contributed by atoms with Crippen molar-refractivity contribution in [2.45, 2.75) is 46.3 Å². The highest BCUT2D eigenvalue weighted by molar-refractivity contribution is 5.80. The molecule has 0 atom stereocenters. The topological polar surface area (TPSA) is 89.9 Å². The number of carboxylic acids is 1. The third-order valence-corrected chi connectivity index (χ3v) is 2.82. The molecule has 0 unspecified atom stereocenters. The largest absolute Gasteiger partial charge is 0.491 e. The van der Waals surface area contributed by atoms with E-state index in [9.17, 15) is 14.4 Å². The summed E-state index contributed by atoms with van der Waals surface area (Å²) in [5.41, 5.74) is 1.52. The highest BCUT2D eigenvalue weighted by atomic mass is 16.5. The molecular weight excluding hydrogens is 288 g/mol. The Morgan fingerprint density at radius 1 is 1.32 bits per heavy atom. The van der Waals surface area contributed by atoms with Crippen molar-refractivity contribution in [3.63, 3.8) is 0 Å². The summed E-state index contributed by atoms with van der Waals surface area (Å²) < 4.78 is 10.6. The molecule has 1 rings (SSSR count). The van der Waals surface area contributed by atoms with Crippen LogP contribution in [0.5, 0.6) is 5.75 Å². The van der Waals surface area contributed by atoms with E-state index in [2.05, 4.69) is 0 Å². The number of rotatable bonds is 8. The van der Waals surface area contributed by atoms with Gasteiger partial charge in [0.15, 0.2) is 0 Å². The van der Waals surface area contributed by atoms with E-state index in [1.807, 2.05) is 13.8 Å². The second-order valence-electron chi connectivity index (χ2n) is 5.12. The van der Waals surface area contributed by atoms with Crippen molar-refractivity contribution >= 4 is 18.2 Å². The number of hydrogen-bond acceptors (Lipinski definition) is 5. The number of esters is 1. The van der Waals surface area contributed by atoms with E-state index in [4.69, 9.17) is 14.6 Å². The number of ether oxygens (including phenoxy) is 2. The summed E-state index contributed by atoms with van der Waals surface area (Å²) in [5, 5.41) is 8.82. The predicted octanol–water partition coefficient (Wildman–Crippen LogP) is 2.37. The monoisotopic (exact) mass is 308 g/mol. The molecule has 1 N–H and O–H groups in total. The van der Waals surface area contributed by atoms with Gasteiger partial charge >= 0.3 is 11.9 Å². The van der Waals surface area contributed by atoms with Gasteiger partial charge in [-0.25, -0.2) is 0 Å². The molecule has 1 aromatic carbocycles. The Balaban J connectivity index is 3.17. The first-order valence-corrected chi connectivity index (χ1v) is 6.96. The van der Waals surface area contributed by atoms with Crippen LogP contribution in [0, 0.1) is 0 Å². The molecule has 0 saturated heterocycles. The van der Waals surface area contributed by atoms with E-state index in [0.717, 1.165) is 0 Å². The van der Waals surface area contributed by atoms with Gasteiger partial charge in [0.2, 0.25) is 0 Å². The molecule has 6 nitrogen and oxygen atoms in total. The molecule has 0 amide bonds. The zero-order valence-electron chi connectivity index (χ0n) is 12.9. The van der Waals surface area contributed by atoms with Gasteiger partial charge in [0.25, 0.3) is 0 Å². The number of aldehydes is 1. The van der Waals surface area contributed by atoms with Crippen LogP contribution in [0.25, 0.3) is 0 Å². The summed E-state index contributed by atoms with van der Waals surface area (Å²) in [6.07, 6.45) is 0.617. The molecule has 6 heteroatoms. The van der Waals surface area contributed by atoms with Crippen LogP contribution in [0.4, 0.5) is 0 Å². The summed E-state index contributed by atoms with van der Waals surface area (Å²) in [4.78, 5) is 32.9. The minimum Gasteiger partial charge on any atom is -0.491 e. The Kier molecular flexibility index (Phi) is 6.56. The van der Waals surface area contributed by atoms with Crippen molar-refractivity contribution in [1.29, 1.82) is 0 Å². The number of aliphatic carboxylic acids is 1. The smallest absolute Gasteiger partial charge is 0.303 e. The molecular formula is C16H20O6. The average Bonchev–Trinajstić information content (AvgIpc) is 2.42. The van der Waals surface area contributed by atoms with Crippen molar-refractivity contribution in [3.05, 3.63) is 28.8 Å². The van der Waals surface area contributed by atoms with Crippen molar-refractivity contribution in [3.8, 4) is 5.75 Å².